The van der Waals surface area contributed by atoms with Gasteiger partial charge in [-0.3, -0.25) is 4.79 Å². The van der Waals surface area contributed by atoms with Gasteiger partial charge in [-0.2, -0.15) is 0 Å². The topological polar surface area (TPSA) is 42.0 Å². The Labute approximate surface area is 106 Å². The second kappa shape index (κ2) is 5.10. The van der Waals surface area contributed by atoms with E-state index in [0.717, 1.165) is 12.1 Å². The van der Waals surface area contributed by atoms with Gasteiger partial charge < -0.3 is 5.32 Å². The van der Waals surface area contributed by atoms with Crippen LogP contribution in [0.5, 0.6) is 0 Å². The lowest BCUT2D eigenvalue weighted by molar-refractivity contribution is 0.102. The van der Waals surface area contributed by atoms with Gasteiger partial charge in [0, 0.05) is 18.0 Å². The number of anilines is 1. The van der Waals surface area contributed by atoms with Crippen LogP contribution in [-0.2, 0) is 0 Å². The maximum Gasteiger partial charge on any atom is 0.257 e. The van der Waals surface area contributed by atoms with Crippen molar-refractivity contribution in [3.8, 4) is 0 Å². The number of carbonyl (C=O) groups excluding carboxylic acids is 1. The molecule has 0 radical (unpaired) electrons. The number of hydrogen-bond acceptors (Lipinski definition) is 2. The first kappa shape index (κ1) is 12.4. The van der Waals surface area contributed by atoms with Crippen molar-refractivity contribution in [3.05, 3.63) is 58.9 Å². The summed E-state index contributed by atoms with van der Waals surface area (Å²) < 4.78 is 25.6. The Kier molecular flexibility index (Phi) is 3.53. The first-order valence-corrected chi connectivity index (χ1v) is 5.32. The van der Waals surface area contributed by atoms with Gasteiger partial charge >= 0.3 is 0 Å². The number of nitrogens with zero attached hydrogens (tertiary/aromatic N) is 1. The minimum absolute atomic E-state index is 0.161. The molecule has 0 fully saturated rings. The predicted octanol–water partition coefficient (Wildman–Crippen LogP) is 3.27. The fraction of sp³-hybridized carbons (Fsp3) is 0. The molecule has 0 aliphatic carbocycles. The van der Waals surface area contributed by atoms with Crippen LogP contribution in [0.1, 0.15) is 10.4 Å². The van der Waals surface area contributed by atoms with Crippen molar-refractivity contribution in [3.63, 3.8) is 0 Å². The minimum atomic E-state index is -1.03. The number of rotatable bonds is 2. The summed E-state index contributed by atoms with van der Waals surface area (Å²) >= 11 is 5.58. The standard InChI is InChI=1S/C12H7ClF2N2O/c13-11-4-1-7(6-16-11)12(18)17-8-2-3-9(14)10(15)5-8/h1-6H,(H,17,18). The highest BCUT2D eigenvalue weighted by Crippen LogP contribution is 2.14. The van der Waals surface area contributed by atoms with Gasteiger partial charge in [-0.25, -0.2) is 13.8 Å². The van der Waals surface area contributed by atoms with Crippen LogP contribution in [0.25, 0.3) is 0 Å². The third-order valence-corrected chi connectivity index (χ3v) is 2.39. The quantitative estimate of drug-likeness (QED) is 0.850. The van der Waals surface area contributed by atoms with Gasteiger partial charge in [0.25, 0.3) is 5.91 Å². The van der Waals surface area contributed by atoms with Gasteiger partial charge in [0.1, 0.15) is 5.15 Å². The number of halogens is 3. The second-order valence-corrected chi connectivity index (χ2v) is 3.84. The summed E-state index contributed by atoms with van der Waals surface area (Å²) in [6, 6.07) is 6.04. The summed E-state index contributed by atoms with van der Waals surface area (Å²) in [6.45, 7) is 0. The van der Waals surface area contributed by atoms with Crippen LogP contribution >= 0.6 is 11.6 Å². The van der Waals surface area contributed by atoms with Crippen molar-refractivity contribution in [1.82, 2.24) is 4.98 Å². The second-order valence-electron chi connectivity index (χ2n) is 3.45. The zero-order valence-electron chi connectivity index (χ0n) is 8.95. The monoisotopic (exact) mass is 268 g/mol. The molecule has 18 heavy (non-hydrogen) atoms. The molecule has 1 aromatic carbocycles. The maximum atomic E-state index is 12.9. The molecule has 0 saturated carbocycles. The van der Waals surface area contributed by atoms with Crippen LogP contribution in [0.2, 0.25) is 5.15 Å². The van der Waals surface area contributed by atoms with E-state index in [2.05, 4.69) is 10.3 Å². The third kappa shape index (κ3) is 2.81. The fourth-order valence-electron chi connectivity index (χ4n) is 1.29. The first-order valence-electron chi connectivity index (χ1n) is 4.94. The third-order valence-electron chi connectivity index (χ3n) is 2.17. The Balaban J connectivity index is 2.16. The Hall–Kier alpha value is -2.01. The molecule has 6 heteroatoms. The summed E-state index contributed by atoms with van der Waals surface area (Å²) in [4.78, 5) is 15.5. The van der Waals surface area contributed by atoms with Gasteiger partial charge in [-0.05, 0) is 24.3 Å². The molecular formula is C12H7ClF2N2O. The number of aromatic nitrogens is 1. The highest BCUT2D eigenvalue weighted by atomic mass is 35.5. The SMILES string of the molecule is O=C(Nc1ccc(F)c(F)c1)c1ccc(Cl)nc1. The van der Waals surface area contributed by atoms with Gasteiger partial charge in [0.2, 0.25) is 0 Å². The van der Waals surface area contributed by atoms with E-state index in [4.69, 9.17) is 11.6 Å². The van der Waals surface area contributed by atoms with E-state index in [-0.39, 0.29) is 16.4 Å². The van der Waals surface area contributed by atoms with Crippen molar-refractivity contribution >= 4 is 23.2 Å². The predicted molar refractivity (Wildman–Crippen MR) is 63.6 cm³/mol. The Bertz CT molecular complexity index is 587. The summed E-state index contributed by atoms with van der Waals surface area (Å²) in [5, 5.41) is 2.68. The number of carbonyl (C=O) groups is 1. The van der Waals surface area contributed by atoms with Crippen LogP contribution in [0.4, 0.5) is 14.5 Å². The molecule has 0 atom stereocenters. The largest absolute Gasteiger partial charge is 0.322 e. The van der Waals surface area contributed by atoms with Gasteiger partial charge in [-0.15, -0.1) is 0 Å². The first-order chi connectivity index (χ1) is 8.56. The van der Waals surface area contributed by atoms with E-state index in [1.165, 1.54) is 24.4 Å². The Morgan fingerprint density at radius 1 is 1.17 bits per heavy atom. The number of nitrogens with one attached hydrogen (secondary N) is 1. The molecule has 92 valence electrons. The molecule has 0 aliphatic heterocycles. The zero-order valence-corrected chi connectivity index (χ0v) is 9.71. The minimum Gasteiger partial charge on any atom is -0.322 e. The van der Waals surface area contributed by atoms with E-state index >= 15 is 0 Å². The lowest BCUT2D eigenvalue weighted by Gasteiger charge is -2.05. The van der Waals surface area contributed by atoms with Crippen molar-refractivity contribution in [2.75, 3.05) is 5.32 Å². The molecule has 0 spiro atoms. The highest BCUT2D eigenvalue weighted by Gasteiger charge is 2.08. The molecule has 2 rings (SSSR count). The van der Waals surface area contributed by atoms with Crippen LogP contribution in [0, 0.1) is 11.6 Å². The molecule has 1 amide bonds. The molecule has 0 saturated heterocycles. The van der Waals surface area contributed by atoms with Crippen LogP contribution in [0.15, 0.2) is 36.5 Å². The molecule has 1 aromatic heterocycles. The lowest BCUT2D eigenvalue weighted by Crippen LogP contribution is -2.12. The summed E-state index contributed by atoms with van der Waals surface area (Å²) in [7, 11) is 0. The number of amides is 1. The van der Waals surface area contributed by atoms with E-state index in [1.54, 1.807) is 0 Å². The van der Waals surface area contributed by atoms with Gasteiger partial charge in [0.05, 0.1) is 5.56 Å². The Morgan fingerprint density at radius 3 is 2.56 bits per heavy atom. The molecule has 2 aromatic rings. The molecule has 1 heterocycles. The molecule has 0 unspecified atom stereocenters. The molecular weight excluding hydrogens is 262 g/mol. The molecule has 0 aliphatic rings. The zero-order chi connectivity index (χ0) is 13.1. The smallest absolute Gasteiger partial charge is 0.257 e. The normalized spacial score (nSPS) is 10.2. The summed E-state index contributed by atoms with van der Waals surface area (Å²) in [5.74, 6) is -2.48. The van der Waals surface area contributed by atoms with Gasteiger partial charge in [0.15, 0.2) is 11.6 Å². The Morgan fingerprint density at radius 2 is 1.94 bits per heavy atom. The fourth-order valence-corrected chi connectivity index (χ4v) is 1.40. The van der Waals surface area contributed by atoms with Gasteiger partial charge in [-0.1, -0.05) is 11.6 Å². The molecule has 1 N–H and O–H groups in total. The lowest BCUT2D eigenvalue weighted by atomic mass is 10.2. The highest BCUT2D eigenvalue weighted by molar-refractivity contribution is 6.29. The van der Waals surface area contributed by atoms with E-state index in [1.807, 2.05) is 0 Å². The van der Waals surface area contributed by atoms with Crippen molar-refractivity contribution in [1.29, 1.82) is 0 Å². The van der Waals surface area contributed by atoms with E-state index in [0.29, 0.717) is 0 Å². The molecule has 0 bridgehead atoms. The molecule has 3 nitrogen and oxygen atoms in total. The van der Waals surface area contributed by atoms with E-state index < -0.39 is 17.5 Å². The summed E-state index contributed by atoms with van der Waals surface area (Å²) in [5.41, 5.74) is 0.429. The number of benzene rings is 1. The number of hydrogen-bond donors (Lipinski definition) is 1. The van der Waals surface area contributed by atoms with E-state index in [9.17, 15) is 13.6 Å². The van der Waals surface area contributed by atoms with Crippen LogP contribution in [0.3, 0.4) is 0 Å². The average Bonchev–Trinajstić information content (AvgIpc) is 2.34. The van der Waals surface area contributed by atoms with Crippen molar-refractivity contribution < 1.29 is 13.6 Å². The van der Waals surface area contributed by atoms with Crippen LogP contribution in [-0.4, -0.2) is 10.9 Å². The average molecular weight is 269 g/mol. The maximum absolute atomic E-state index is 12.9. The van der Waals surface area contributed by atoms with Crippen LogP contribution < -0.4 is 5.32 Å². The van der Waals surface area contributed by atoms with Crippen molar-refractivity contribution in [2.45, 2.75) is 0 Å². The van der Waals surface area contributed by atoms with Crippen molar-refractivity contribution in [2.24, 2.45) is 0 Å². The number of pyridine rings is 1. The summed E-state index contributed by atoms with van der Waals surface area (Å²) in [6.07, 6.45) is 1.29.